The number of fused-ring (bicyclic) bond motifs is 1. The number of terminal acetylenes is 1. The van der Waals surface area contributed by atoms with Gasteiger partial charge < -0.3 is 5.32 Å². The van der Waals surface area contributed by atoms with Crippen LogP contribution in [-0.2, 0) is 14.4 Å². The maximum absolute atomic E-state index is 12.9. The molecule has 8 heteroatoms. The first-order chi connectivity index (χ1) is 13.9. The largest absolute Gasteiger partial charge is 0.325 e. The molecule has 150 valence electrons. The lowest BCUT2D eigenvalue weighted by Gasteiger charge is -2.27. The normalized spacial score (nSPS) is 18.3. The number of nitrogens with zero attached hydrogens (tertiary/aromatic N) is 1. The molecule has 5 amide bonds. The molecule has 0 bridgehead atoms. The molecule has 0 aromatic heterocycles. The van der Waals surface area contributed by atoms with E-state index in [2.05, 4.69) is 16.6 Å². The van der Waals surface area contributed by atoms with Gasteiger partial charge in [-0.3, -0.25) is 34.2 Å². The number of anilines is 1. The molecule has 1 unspecified atom stereocenters. The fourth-order valence-electron chi connectivity index (χ4n) is 3.52. The van der Waals surface area contributed by atoms with Gasteiger partial charge in [0.1, 0.15) is 6.04 Å². The minimum absolute atomic E-state index is 0.0487. The highest BCUT2D eigenvalue weighted by Crippen LogP contribution is 2.32. The standard InChI is InChI=1S/C21H21N3O5/c1-2-3-4-5-6-10-16(25)22-14-9-7-8-13-18(14)21(29)24(20(13)28)15-11-12-17(26)23-19(15)27/h1,7-9,15H,3-6,10-12H2,(H,22,25)(H,23,26,27). The number of rotatable bonds is 7. The number of imide groups is 2. The van der Waals surface area contributed by atoms with Crippen molar-refractivity contribution in [3.63, 3.8) is 0 Å². The molecule has 2 N–H and O–H groups in total. The third-order valence-corrected chi connectivity index (χ3v) is 4.97. The van der Waals surface area contributed by atoms with Gasteiger partial charge in [-0.25, -0.2) is 0 Å². The summed E-state index contributed by atoms with van der Waals surface area (Å²) in [7, 11) is 0. The Labute approximate surface area is 168 Å². The lowest BCUT2D eigenvalue weighted by Crippen LogP contribution is -2.54. The van der Waals surface area contributed by atoms with Crippen LogP contribution in [-0.4, -0.2) is 40.5 Å². The number of piperidine rings is 1. The first-order valence-electron chi connectivity index (χ1n) is 9.52. The molecule has 8 nitrogen and oxygen atoms in total. The van der Waals surface area contributed by atoms with Gasteiger partial charge in [-0.2, -0.15) is 0 Å². The van der Waals surface area contributed by atoms with E-state index < -0.39 is 29.7 Å². The number of hydrogen-bond donors (Lipinski definition) is 2. The van der Waals surface area contributed by atoms with Crippen molar-refractivity contribution in [2.24, 2.45) is 0 Å². The SMILES string of the molecule is C#CCCCCCC(=O)Nc1cccc2c1C(=O)N(C1CCC(=O)NC1=O)C2=O. The fraction of sp³-hybridized carbons (Fsp3) is 0.381. The average molecular weight is 395 g/mol. The van der Waals surface area contributed by atoms with Crippen LogP contribution in [0.1, 0.15) is 65.7 Å². The third kappa shape index (κ3) is 4.19. The van der Waals surface area contributed by atoms with Crippen LogP contribution in [0.4, 0.5) is 5.69 Å². The average Bonchev–Trinajstić information content (AvgIpc) is 2.93. The summed E-state index contributed by atoms with van der Waals surface area (Å²) in [4.78, 5) is 62.3. The summed E-state index contributed by atoms with van der Waals surface area (Å²) in [5.41, 5.74) is 0.443. The zero-order valence-electron chi connectivity index (χ0n) is 15.8. The molecule has 1 aromatic carbocycles. The van der Waals surface area contributed by atoms with E-state index >= 15 is 0 Å². The molecule has 3 rings (SSSR count). The second-order valence-corrected chi connectivity index (χ2v) is 6.99. The second kappa shape index (κ2) is 8.69. The van der Waals surface area contributed by atoms with Crippen molar-refractivity contribution in [3.8, 4) is 12.3 Å². The fourth-order valence-corrected chi connectivity index (χ4v) is 3.52. The summed E-state index contributed by atoms with van der Waals surface area (Å²) in [6, 6.07) is 3.56. The maximum Gasteiger partial charge on any atom is 0.264 e. The summed E-state index contributed by atoms with van der Waals surface area (Å²) in [6.45, 7) is 0. The first kappa shape index (κ1) is 20.3. The number of carbonyl (C=O) groups is 5. The molecular formula is C21H21N3O5. The van der Waals surface area contributed by atoms with E-state index in [0.717, 1.165) is 17.7 Å². The molecule has 0 aliphatic carbocycles. The Bertz CT molecular complexity index is 931. The van der Waals surface area contributed by atoms with E-state index in [1.807, 2.05) is 0 Å². The van der Waals surface area contributed by atoms with E-state index in [1.54, 1.807) is 12.1 Å². The van der Waals surface area contributed by atoms with Gasteiger partial charge in [0, 0.05) is 19.3 Å². The van der Waals surface area contributed by atoms with E-state index in [0.29, 0.717) is 12.8 Å². The zero-order valence-corrected chi connectivity index (χ0v) is 15.8. The summed E-state index contributed by atoms with van der Waals surface area (Å²) in [6.07, 6.45) is 8.60. The molecule has 1 aromatic rings. The van der Waals surface area contributed by atoms with Crippen molar-refractivity contribution in [2.45, 2.75) is 51.0 Å². The molecule has 29 heavy (non-hydrogen) atoms. The Balaban J connectivity index is 1.73. The van der Waals surface area contributed by atoms with Gasteiger partial charge in [0.05, 0.1) is 16.8 Å². The highest BCUT2D eigenvalue weighted by atomic mass is 16.2. The second-order valence-electron chi connectivity index (χ2n) is 6.99. The molecular weight excluding hydrogens is 374 g/mol. The van der Waals surface area contributed by atoms with Crippen LogP contribution in [0.5, 0.6) is 0 Å². The molecule has 1 atom stereocenters. The summed E-state index contributed by atoms with van der Waals surface area (Å²) in [5, 5.41) is 4.84. The summed E-state index contributed by atoms with van der Waals surface area (Å²) >= 11 is 0. The Morgan fingerprint density at radius 3 is 2.69 bits per heavy atom. The molecule has 0 saturated carbocycles. The molecule has 0 spiro atoms. The molecule has 2 aliphatic heterocycles. The van der Waals surface area contributed by atoms with Gasteiger partial charge in [-0.05, 0) is 31.4 Å². The number of hydrogen-bond acceptors (Lipinski definition) is 5. The van der Waals surface area contributed by atoms with Gasteiger partial charge in [0.15, 0.2) is 0 Å². The predicted octanol–water partition coefficient (Wildman–Crippen LogP) is 1.61. The first-order valence-corrected chi connectivity index (χ1v) is 9.52. The number of amides is 5. The Hall–Kier alpha value is -3.47. The number of nitrogens with one attached hydrogen (secondary N) is 2. The molecule has 1 saturated heterocycles. The summed E-state index contributed by atoms with van der Waals surface area (Å²) < 4.78 is 0. The molecule has 2 heterocycles. The smallest absolute Gasteiger partial charge is 0.264 e. The van der Waals surface area contributed by atoms with E-state index in [4.69, 9.17) is 6.42 Å². The van der Waals surface area contributed by atoms with Crippen LogP contribution < -0.4 is 10.6 Å². The summed E-state index contributed by atoms with van der Waals surface area (Å²) in [5.74, 6) is -0.0776. The minimum atomic E-state index is -1.04. The van der Waals surface area contributed by atoms with Crippen LogP contribution in [0, 0.1) is 12.3 Å². The number of unbranched alkanes of at least 4 members (excludes halogenated alkanes) is 3. The topological polar surface area (TPSA) is 113 Å². The van der Waals surface area contributed by atoms with Crippen LogP contribution >= 0.6 is 0 Å². The number of benzene rings is 1. The van der Waals surface area contributed by atoms with E-state index in [1.165, 1.54) is 6.07 Å². The van der Waals surface area contributed by atoms with Crippen LogP contribution in [0.2, 0.25) is 0 Å². The Kier molecular flexibility index (Phi) is 6.07. The highest BCUT2D eigenvalue weighted by Gasteiger charge is 2.45. The highest BCUT2D eigenvalue weighted by molar-refractivity contribution is 6.26. The maximum atomic E-state index is 12.9. The van der Waals surface area contributed by atoms with Crippen molar-refractivity contribution in [1.29, 1.82) is 0 Å². The van der Waals surface area contributed by atoms with Crippen molar-refractivity contribution in [1.82, 2.24) is 10.2 Å². The lowest BCUT2D eigenvalue weighted by molar-refractivity contribution is -0.136. The predicted molar refractivity (Wildman–Crippen MR) is 104 cm³/mol. The third-order valence-electron chi connectivity index (χ3n) is 4.97. The van der Waals surface area contributed by atoms with Gasteiger partial charge in [0.25, 0.3) is 11.8 Å². The van der Waals surface area contributed by atoms with Crippen molar-refractivity contribution >= 4 is 35.2 Å². The lowest BCUT2D eigenvalue weighted by atomic mass is 10.0. The van der Waals surface area contributed by atoms with Gasteiger partial charge in [0.2, 0.25) is 17.7 Å². The van der Waals surface area contributed by atoms with Crippen LogP contribution in [0.3, 0.4) is 0 Å². The molecule has 1 fully saturated rings. The van der Waals surface area contributed by atoms with Crippen molar-refractivity contribution in [3.05, 3.63) is 29.3 Å². The number of carbonyl (C=O) groups excluding carboxylic acids is 5. The molecule has 2 aliphatic rings. The zero-order chi connectivity index (χ0) is 21.0. The monoisotopic (exact) mass is 395 g/mol. The van der Waals surface area contributed by atoms with E-state index in [9.17, 15) is 24.0 Å². The van der Waals surface area contributed by atoms with Gasteiger partial charge in [-0.1, -0.05) is 12.5 Å². The van der Waals surface area contributed by atoms with Crippen LogP contribution in [0.15, 0.2) is 18.2 Å². The Morgan fingerprint density at radius 2 is 1.97 bits per heavy atom. The minimum Gasteiger partial charge on any atom is -0.325 e. The van der Waals surface area contributed by atoms with Crippen molar-refractivity contribution < 1.29 is 24.0 Å². The van der Waals surface area contributed by atoms with E-state index in [-0.39, 0.29) is 42.0 Å². The van der Waals surface area contributed by atoms with Gasteiger partial charge in [-0.15, -0.1) is 12.3 Å². The quantitative estimate of drug-likeness (QED) is 0.414. The van der Waals surface area contributed by atoms with Crippen LogP contribution in [0.25, 0.3) is 0 Å². The molecule has 0 radical (unpaired) electrons. The Morgan fingerprint density at radius 1 is 1.17 bits per heavy atom. The van der Waals surface area contributed by atoms with Crippen molar-refractivity contribution in [2.75, 3.05) is 5.32 Å². The van der Waals surface area contributed by atoms with Gasteiger partial charge >= 0.3 is 0 Å².